The van der Waals surface area contributed by atoms with Crippen LogP contribution in [-0.4, -0.2) is 35.8 Å². The molecule has 2 aliphatic heterocycles. The second-order valence-corrected chi connectivity index (χ2v) is 10.2. The molecule has 2 saturated heterocycles. The van der Waals surface area contributed by atoms with E-state index < -0.39 is 35.0 Å². The summed E-state index contributed by atoms with van der Waals surface area (Å²) in [5, 5.41) is 13.5. The molecular formula is C28H26N2O6. The van der Waals surface area contributed by atoms with Crippen molar-refractivity contribution >= 4 is 29.3 Å². The minimum absolute atomic E-state index is 0.0478. The maximum atomic E-state index is 14.2. The number of carbonyl (C=O) groups is 4. The number of benzene rings is 2. The Morgan fingerprint density at radius 2 is 1.75 bits per heavy atom. The van der Waals surface area contributed by atoms with E-state index in [0.717, 1.165) is 5.57 Å². The summed E-state index contributed by atoms with van der Waals surface area (Å²) in [5.74, 6) is -3.98. The summed E-state index contributed by atoms with van der Waals surface area (Å²) in [5.41, 5.74) is 0.473. The first kappa shape index (κ1) is 22.5. The molecule has 4 amide bonds. The van der Waals surface area contributed by atoms with Gasteiger partial charge in [-0.05, 0) is 49.9 Å². The van der Waals surface area contributed by atoms with E-state index in [1.807, 2.05) is 12.1 Å². The van der Waals surface area contributed by atoms with Gasteiger partial charge in [0.05, 0.1) is 36.0 Å². The van der Waals surface area contributed by atoms with Crippen molar-refractivity contribution in [3.63, 3.8) is 0 Å². The first-order valence-corrected chi connectivity index (χ1v) is 12.1. The van der Waals surface area contributed by atoms with Crippen LogP contribution < -0.4 is 15.0 Å². The van der Waals surface area contributed by atoms with E-state index in [1.54, 1.807) is 43.3 Å². The van der Waals surface area contributed by atoms with E-state index in [2.05, 4.69) is 5.32 Å². The number of para-hydroxylation sites is 1. The molecule has 6 rings (SSSR count). The van der Waals surface area contributed by atoms with Gasteiger partial charge in [-0.3, -0.25) is 24.5 Å². The quantitative estimate of drug-likeness (QED) is 0.510. The summed E-state index contributed by atoms with van der Waals surface area (Å²) < 4.78 is 5.62. The molecule has 1 saturated carbocycles. The van der Waals surface area contributed by atoms with Crippen molar-refractivity contribution in [3.8, 4) is 11.5 Å². The number of allylic oxidation sites excluding steroid dienone is 2. The van der Waals surface area contributed by atoms with Gasteiger partial charge >= 0.3 is 0 Å². The van der Waals surface area contributed by atoms with E-state index in [9.17, 15) is 24.3 Å². The number of amides is 4. The molecule has 4 aliphatic rings. The Balaban J connectivity index is 1.59. The Bertz CT molecular complexity index is 1350. The lowest BCUT2D eigenvalue weighted by Crippen LogP contribution is -2.48. The minimum Gasteiger partial charge on any atom is -0.508 e. The summed E-state index contributed by atoms with van der Waals surface area (Å²) in [6.45, 7) is 1.78. The van der Waals surface area contributed by atoms with Crippen molar-refractivity contribution in [1.29, 1.82) is 0 Å². The zero-order valence-corrected chi connectivity index (χ0v) is 19.9. The number of hydrogen-bond acceptors (Lipinski definition) is 6. The average Bonchev–Trinajstić information content (AvgIpc) is 3.27. The monoisotopic (exact) mass is 486 g/mol. The predicted octanol–water partition coefficient (Wildman–Crippen LogP) is 2.92. The van der Waals surface area contributed by atoms with Crippen LogP contribution in [0, 0.1) is 29.1 Å². The van der Waals surface area contributed by atoms with E-state index in [-0.39, 0.29) is 35.8 Å². The number of fused-ring (bicyclic) bond motifs is 4. The molecule has 0 unspecified atom stereocenters. The van der Waals surface area contributed by atoms with E-state index >= 15 is 0 Å². The molecule has 2 aliphatic carbocycles. The fourth-order valence-electron chi connectivity index (χ4n) is 7.06. The van der Waals surface area contributed by atoms with Gasteiger partial charge in [0.2, 0.25) is 23.6 Å². The number of phenolic OH excluding ortho intramolecular Hbond substituents is 1. The number of phenols is 1. The first-order chi connectivity index (χ1) is 17.3. The summed E-state index contributed by atoms with van der Waals surface area (Å²) in [4.78, 5) is 54.8. The number of aromatic hydroxyl groups is 1. The minimum atomic E-state index is -1.23. The standard InChI is InChI=1S/C28H26N2O6/c1-28-18(26(34)30(27(28)35)14-7-4-3-5-8-14)13-17-15(11-12-16-21(17)25(33)29-24(16)32)23(28)22-19(31)9-6-10-20(22)36-2/h3-11,16-18,21,23,31H,12-13H2,1-2H3,(H,29,32,33)/t16-,17+,18-,21-,23+,28+/m0/s1. The largest absolute Gasteiger partial charge is 0.508 e. The van der Waals surface area contributed by atoms with Crippen LogP contribution in [0.4, 0.5) is 5.69 Å². The molecule has 3 fully saturated rings. The normalized spacial score (nSPS) is 33.0. The number of methoxy groups -OCH3 is 1. The van der Waals surface area contributed by atoms with Crippen LogP contribution in [0.1, 0.15) is 31.2 Å². The molecule has 0 radical (unpaired) electrons. The van der Waals surface area contributed by atoms with Gasteiger partial charge in [0.15, 0.2) is 0 Å². The van der Waals surface area contributed by atoms with Gasteiger partial charge in [-0.2, -0.15) is 0 Å². The van der Waals surface area contributed by atoms with Gasteiger partial charge in [0.1, 0.15) is 11.5 Å². The number of anilines is 1. The molecule has 8 nitrogen and oxygen atoms in total. The number of hydrogen-bond donors (Lipinski definition) is 2. The third-order valence-electron chi connectivity index (χ3n) is 8.68. The van der Waals surface area contributed by atoms with E-state index in [1.165, 1.54) is 18.1 Å². The third-order valence-corrected chi connectivity index (χ3v) is 8.68. The molecule has 2 aromatic carbocycles. The van der Waals surface area contributed by atoms with Crippen molar-refractivity contribution in [1.82, 2.24) is 5.32 Å². The average molecular weight is 487 g/mol. The summed E-state index contributed by atoms with van der Waals surface area (Å²) in [7, 11) is 1.49. The number of rotatable bonds is 3. The highest BCUT2D eigenvalue weighted by Crippen LogP contribution is 2.65. The zero-order valence-electron chi connectivity index (χ0n) is 19.9. The Hall–Kier alpha value is -3.94. The molecule has 8 heteroatoms. The first-order valence-electron chi connectivity index (χ1n) is 12.1. The second kappa shape index (κ2) is 7.78. The van der Waals surface area contributed by atoms with Crippen LogP contribution >= 0.6 is 0 Å². The lowest BCUT2D eigenvalue weighted by molar-refractivity contribution is -0.131. The SMILES string of the molecule is COc1cccc(O)c1[C@H]1C2=CC[C@@H]3C(=O)NC(=O)[C@@H]3[C@@H]2C[C@H]2C(=O)N(c3ccccc3)C(=O)[C@@]12C. The third kappa shape index (κ3) is 2.81. The van der Waals surface area contributed by atoms with Crippen molar-refractivity contribution < 1.29 is 29.0 Å². The molecular weight excluding hydrogens is 460 g/mol. The fourth-order valence-corrected chi connectivity index (χ4v) is 7.06. The highest BCUT2D eigenvalue weighted by molar-refractivity contribution is 6.24. The fraction of sp³-hybridized carbons (Fsp3) is 0.357. The molecule has 2 aromatic rings. The Kier molecular flexibility index (Phi) is 4.87. The number of imide groups is 2. The lowest BCUT2D eigenvalue weighted by atomic mass is 9.51. The van der Waals surface area contributed by atoms with Gasteiger partial charge < -0.3 is 9.84 Å². The molecule has 2 heterocycles. The number of nitrogens with zero attached hydrogens (tertiary/aromatic N) is 1. The maximum Gasteiger partial charge on any atom is 0.241 e. The molecule has 184 valence electrons. The van der Waals surface area contributed by atoms with Gasteiger partial charge in [0, 0.05) is 11.5 Å². The molecule has 6 atom stereocenters. The van der Waals surface area contributed by atoms with E-state index in [4.69, 9.17) is 4.74 Å². The van der Waals surface area contributed by atoms with Crippen molar-refractivity contribution in [2.45, 2.75) is 25.7 Å². The van der Waals surface area contributed by atoms with Crippen molar-refractivity contribution in [3.05, 3.63) is 65.7 Å². The van der Waals surface area contributed by atoms with Gasteiger partial charge in [0.25, 0.3) is 0 Å². The van der Waals surface area contributed by atoms with Gasteiger partial charge in [-0.25, -0.2) is 4.90 Å². The summed E-state index contributed by atoms with van der Waals surface area (Å²) >= 11 is 0. The van der Waals surface area contributed by atoms with Crippen LogP contribution in [-0.2, 0) is 19.2 Å². The smallest absolute Gasteiger partial charge is 0.241 e. The molecule has 2 N–H and O–H groups in total. The topological polar surface area (TPSA) is 113 Å². The van der Waals surface area contributed by atoms with Crippen LogP contribution in [0.15, 0.2) is 60.2 Å². The van der Waals surface area contributed by atoms with E-state index in [0.29, 0.717) is 23.4 Å². The second-order valence-electron chi connectivity index (χ2n) is 10.2. The maximum absolute atomic E-state index is 14.2. The number of carbonyl (C=O) groups excluding carboxylic acids is 4. The number of nitrogens with one attached hydrogen (secondary N) is 1. The molecule has 36 heavy (non-hydrogen) atoms. The zero-order chi connectivity index (χ0) is 25.4. The molecule has 0 bridgehead atoms. The molecule has 0 aromatic heterocycles. The highest BCUT2D eigenvalue weighted by Gasteiger charge is 2.67. The predicted molar refractivity (Wildman–Crippen MR) is 129 cm³/mol. The van der Waals surface area contributed by atoms with Gasteiger partial charge in [-0.1, -0.05) is 35.9 Å². The Labute approximate surface area is 207 Å². The van der Waals surface area contributed by atoms with Crippen LogP contribution in [0.3, 0.4) is 0 Å². The highest BCUT2D eigenvalue weighted by atomic mass is 16.5. The van der Waals surface area contributed by atoms with Crippen LogP contribution in [0.25, 0.3) is 0 Å². The Morgan fingerprint density at radius 3 is 2.47 bits per heavy atom. The number of ether oxygens (including phenoxy) is 1. The molecule has 0 spiro atoms. The van der Waals surface area contributed by atoms with Gasteiger partial charge in [-0.15, -0.1) is 0 Å². The van der Waals surface area contributed by atoms with Crippen LogP contribution in [0.2, 0.25) is 0 Å². The summed E-state index contributed by atoms with van der Waals surface area (Å²) in [6, 6.07) is 13.7. The summed E-state index contributed by atoms with van der Waals surface area (Å²) in [6.07, 6.45) is 2.56. The van der Waals surface area contributed by atoms with Crippen LogP contribution in [0.5, 0.6) is 11.5 Å². The lowest BCUT2D eigenvalue weighted by Gasteiger charge is -2.49. The van der Waals surface area contributed by atoms with Crippen molar-refractivity contribution in [2.24, 2.45) is 29.1 Å². The Morgan fingerprint density at radius 1 is 1.00 bits per heavy atom. The van der Waals surface area contributed by atoms with Crippen molar-refractivity contribution in [2.75, 3.05) is 12.0 Å².